The molecule has 1 aromatic heterocycles. The van der Waals surface area contributed by atoms with Crippen LogP contribution in [0.1, 0.15) is 50.0 Å². The van der Waals surface area contributed by atoms with E-state index in [2.05, 4.69) is 25.8 Å². The summed E-state index contributed by atoms with van der Waals surface area (Å²) in [6.45, 7) is 1.65. The van der Waals surface area contributed by atoms with Crippen molar-refractivity contribution in [2.45, 2.75) is 44.3 Å². The molecule has 1 fully saturated rings. The van der Waals surface area contributed by atoms with Crippen molar-refractivity contribution in [1.29, 1.82) is 0 Å². The molecule has 3 atom stereocenters. The molecule has 3 N–H and O–H groups in total. The summed E-state index contributed by atoms with van der Waals surface area (Å²) in [7, 11) is 5.44. The summed E-state index contributed by atoms with van der Waals surface area (Å²) in [6, 6.07) is 4.54. The fourth-order valence-electron chi connectivity index (χ4n) is 4.72. The molecular weight excluding hydrogens is 516 g/mol. The van der Waals surface area contributed by atoms with Gasteiger partial charge in [0, 0.05) is 55.0 Å². The van der Waals surface area contributed by atoms with Gasteiger partial charge in [0.1, 0.15) is 0 Å². The van der Waals surface area contributed by atoms with E-state index < -0.39 is 24.0 Å². The number of carbonyl (C=O) groups is 4. The first-order chi connectivity index (χ1) is 17.6. The standard InChI is InChI=1S/C25H31ClN6O4S/c1-31(2)24(35)15-6-9-17(29-25(36)30-21(33)14-4-7-16(26)8-5-14)19(12-15)27-22(34)23-28-18-10-11-32(3)13-20(18)37-23/h4-5,7-8,15,17,19H,6,9-13H2,1-3H3,(H,27,34)(H2,29,30,33,36). The Morgan fingerprint density at radius 2 is 1.78 bits per heavy atom. The van der Waals surface area contributed by atoms with E-state index in [9.17, 15) is 19.2 Å². The molecule has 1 aliphatic carbocycles. The maximum absolute atomic E-state index is 13.2. The summed E-state index contributed by atoms with van der Waals surface area (Å²) in [5, 5.41) is 9.01. The van der Waals surface area contributed by atoms with E-state index in [0.29, 0.717) is 34.9 Å². The van der Waals surface area contributed by atoms with Gasteiger partial charge in [0.25, 0.3) is 11.8 Å². The minimum atomic E-state index is -0.672. The maximum atomic E-state index is 13.2. The zero-order valence-corrected chi connectivity index (χ0v) is 22.6. The smallest absolute Gasteiger partial charge is 0.321 e. The lowest BCUT2D eigenvalue weighted by atomic mass is 9.81. The van der Waals surface area contributed by atoms with Gasteiger partial charge in [0.05, 0.1) is 17.8 Å². The van der Waals surface area contributed by atoms with Gasteiger partial charge < -0.3 is 20.4 Å². The van der Waals surface area contributed by atoms with Crippen molar-refractivity contribution in [2.75, 3.05) is 27.7 Å². The predicted octanol–water partition coefficient (Wildman–Crippen LogP) is 2.28. The molecule has 1 aliphatic heterocycles. The highest BCUT2D eigenvalue weighted by atomic mass is 35.5. The summed E-state index contributed by atoms with van der Waals surface area (Å²) in [5.41, 5.74) is 1.25. The third-order valence-electron chi connectivity index (χ3n) is 6.72. The number of imide groups is 1. The lowest BCUT2D eigenvalue weighted by molar-refractivity contribution is -0.134. The molecule has 4 rings (SSSR count). The van der Waals surface area contributed by atoms with E-state index in [-0.39, 0.29) is 17.7 Å². The monoisotopic (exact) mass is 546 g/mol. The second-order valence-electron chi connectivity index (χ2n) is 9.74. The lowest BCUT2D eigenvalue weighted by Gasteiger charge is -2.37. The van der Waals surface area contributed by atoms with Crippen LogP contribution in [0.5, 0.6) is 0 Å². The van der Waals surface area contributed by atoms with Crippen LogP contribution in [0.25, 0.3) is 0 Å². The third kappa shape index (κ3) is 6.65. The number of fused-ring (bicyclic) bond motifs is 1. The Bertz CT molecular complexity index is 1180. The fourth-order valence-corrected chi connectivity index (χ4v) is 5.94. The molecule has 0 spiro atoms. The number of carbonyl (C=O) groups excluding carboxylic acids is 4. The van der Waals surface area contributed by atoms with E-state index in [1.54, 1.807) is 31.1 Å². The quantitative estimate of drug-likeness (QED) is 0.528. The second-order valence-corrected chi connectivity index (χ2v) is 11.3. The van der Waals surface area contributed by atoms with Crippen LogP contribution in [-0.2, 0) is 17.8 Å². The molecule has 1 aromatic carbocycles. The number of halogens is 1. The van der Waals surface area contributed by atoms with E-state index in [1.165, 1.54) is 23.5 Å². The van der Waals surface area contributed by atoms with Crippen LogP contribution >= 0.6 is 22.9 Å². The van der Waals surface area contributed by atoms with Crippen molar-refractivity contribution in [2.24, 2.45) is 5.92 Å². The summed E-state index contributed by atoms with van der Waals surface area (Å²) >= 11 is 7.24. The summed E-state index contributed by atoms with van der Waals surface area (Å²) in [6.07, 6.45) is 2.19. The molecule has 0 bridgehead atoms. The maximum Gasteiger partial charge on any atom is 0.321 e. The van der Waals surface area contributed by atoms with Gasteiger partial charge in [-0.05, 0) is 50.6 Å². The Labute approximate surface area is 224 Å². The Kier molecular flexibility index (Phi) is 8.46. The molecule has 10 nitrogen and oxygen atoms in total. The number of aromatic nitrogens is 1. The van der Waals surface area contributed by atoms with Crippen molar-refractivity contribution in [3.05, 3.63) is 50.4 Å². The van der Waals surface area contributed by atoms with Crippen molar-refractivity contribution in [1.82, 2.24) is 30.7 Å². The molecule has 3 unspecified atom stereocenters. The largest absolute Gasteiger partial charge is 0.349 e. The number of urea groups is 1. The molecule has 0 radical (unpaired) electrons. The number of thiazole rings is 1. The minimum Gasteiger partial charge on any atom is -0.349 e. The zero-order chi connectivity index (χ0) is 26.7. The summed E-state index contributed by atoms with van der Waals surface area (Å²) in [4.78, 5) is 60.3. The van der Waals surface area contributed by atoms with Gasteiger partial charge in [-0.3, -0.25) is 19.7 Å². The SMILES string of the molecule is CN1CCc2nc(C(=O)NC3CC(C(=O)N(C)C)CCC3NC(=O)NC(=O)c3ccc(Cl)cc3)sc2C1. The van der Waals surface area contributed by atoms with Crippen LogP contribution in [0, 0.1) is 5.92 Å². The molecule has 37 heavy (non-hydrogen) atoms. The summed E-state index contributed by atoms with van der Waals surface area (Å²) in [5.74, 6) is -1.19. The average molecular weight is 547 g/mol. The van der Waals surface area contributed by atoms with Gasteiger partial charge in [-0.15, -0.1) is 11.3 Å². The fraction of sp³-hybridized carbons (Fsp3) is 0.480. The first kappa shape index (κ1) is 27.0. The number of hydrogen-bond donors (Lipinski definition) is 3. The predicted molar refractivity (Wildman–Crippen MR) is 141 cm³/mol. The van der Waals surface area contributed by atoms with Crippen LogP contribution in [-0.4, -0.2) is 78.3 Å². The number of nitrogens with zero attached hydrogens (tertiary/aromatic N) is 3. The highest BCUT2D eigenvalue weighted by molar-refractivity contribution is 7.13. The number of hydrogen-bond acceptors (Lipinski definition) is 7. The van der Waals surface area contributed by atoms with E-state index >= 15 is 0 Å². The van der Waals surface area contributed by atoms with Crippen LogP contribution in [0.2, 0.25) is 5.02 Å². The molecule has 2 heterocycles. The molecule has 2 aromatic rings. The van der Waals surface area contributed by atoms with Crippen molar-refractivity contribution >= 4 is 46.7 Å². The molecule has 2 aliphatic rings. The van der Waals surface area contributed by atoms with Gasteiger partial charge in [-0.2, -0.15) is 0 Å². The minimum absolute atomic E-state index is 0.0205. The van der Waals surface area contributed by atoms with Gasteiger partial charge in [0.15, 0.2) is 5.01 Å². The van der Waals surface area contributed by atoms with Gasteiger partial charge in [-0.1, -0.05) is 11.6 Å². The normalized spacial score (nSPS) is 21.5. The molecule has 5 amide bonds. The van der Waals surface area contributed by atoms with Crippen LogP contribution in [0.3, 0.4) is 0 Å². The molecule has 198 valence electrons. The number of benzene rings is 1. The Hall–Kier alpha value is -3.02. The van der Waals surface area contributed by atoms with Crippen LogP contribution in [0.4, 0.5) is 4.79 Å². The molecular formula is C25H31ClN6O4S. The first-order valence-electron chi connectivity index (χ1n) is 12.2. The highest BCUT2D eigenvalue weighted by Crippen LogP contribution is 2.28. The number of rotatable bonds is 5. The summed E-state index contributed by atoms with van der Waals surface area (Å²) < 4.78 is 0. The molecule has 0 saturated heterocycles. The Morgan fingerprint density at radius 3 is 2.49 bits per heavy atom. The zero-order valence-electron chi connectivity index (χ0n) is 21.0. The number of nitrogens with one attached hydrogen (secondary N) is 3. The van der Waals surface area contributed by atoms with Crippen LogP contribution < -0.4 is 16.0 Å². The van der Waals surface area contributed by atoms with Gasteiger partial charge >= 0.3 is 6.03 Å². The van der Waals surface area contributed by atoms with Crippen LogP contribution in [0.15, 0.2) is 24.3 Å². The van der Waals surface area contributed by atoms with Crippen molar-refractivity contribution < 1.29 is 19.2 Å². The van der Waals surface area contributed by atoms with E-state index in [4.69, 9.17) is 11.6 Å². The van der Waals surface area contributed by atoms with Crippen molar-refractivity contribution in [3.63, 3.8) is 0 Å². The topological polar surface area (TPSA) is 124 Å². The lowest BCUT2D eigenvalue weighted by Crippen LogP contribution is -2.57. The van der Waals surface area contributed by atoms with Crippen molar-refractivity contribution in [3.8, 4) is 0 Å². The Balaban J connectivity index is 1.45. The second kappa shape index (κ2) is 11.6. The third-order valence-corrected chi connectivity index (χ3v) is 8.06. The average Bonchev–Trinajstić information content (AvgIpc) is 3.28. The molecule has 12 heteroatoms. The number of amides is 5. The van der Waals surface area contributed by atoms with Gasteiger partial charge in [-0.25, -0.2) is 9.78 Å². The molecule has 1 saturated carbocycles. The van der Waals surface area contributed by atoms with Gasteiger partial charge in [0.2, 0.25) is 5.91 Å². The number of likely N-dealkylation sites (N-methyl/N-ethyl adjacent to an activating group) is 1. The first-order valence-corrected chi connectivity index (χ1v) is 13.4. The highest BCUT2D eigenvalue weighted by Gasteiger charge is 2.37. The van der Waals surface area contributed by atoms with E-state index in [1.807, 2.05) is 7.05 Å². The Morgan fingerprint density at radius 1 is 1.05 bits per heavy atom. The van der Waals surface area contributed by atoms with E-state index in [0.717, 1.165) is 30.1 Å².